The van der Waals surface area contributed by atoms with E-state index >= 15 is 0 Å². The van der Waals surface area contributed by atoms with Crippen LogP contribution in [0.3, 0.4) is 0 Å². The van der Waals surface area contributed by atoms with Crippen LogP contribution in [0.4, 0.5) is 5.69 Å². The number of amides is 2. The lowest BCUT2D eigenvalue weighted by atomic mass is 10.2. The summed E-state index contributed by atoms with van der Waals surface area (Å²) in [5.74, 6) is -0.140. The molecule has 0 aliphatic heterocycles. The molecule has 0 fully saturated rings. The van der Waals surface area contributed by atoms with E-state index in [0.29, 0.717) is 24.3 Å². The van der Waals surface area contributed by atoms with Crippen LogP contribution >= 0.6 is 27.3 Å². The third-order valence-corrected chi connectivity index (χ3v) is 4.79. The van der Waals surface area contributed by atoms with Crippen molar-refractivity contribution in [3.05, 3.63) is 50.6 Å². The molecule has 0 spiro atoms. The van der Waals surface area contributed by atoms with E-state index in [2.05, 4.69) is 26.6 Å². The Balaban J connectivity index is 1.69. The van der Waals surface area contributed by atoms with Gasteiger partial charge in [0.25, 0.3) is 5.91 Å². The molecule has 22 heavy (non-hydrogen) atoms. The largest absolute Gasteiger partial charge is 0.351 e. The average Bonchev–Trinajstić information content (AvgIpc) is 3.01. The normalized spacial score (nSPS) is 10.3. The minimum atomic E-state index is -0.0853. The molecule has 2 aromatic rings. The number of aryl methyl sites for hydroxylation is 1. The third-order valence-electron chi connectivity index (χ3n) is 3.07. The minimum Gasteiger partial charge on any atom is -0.351 e. The van der Waals surface area contributed by atoms with E-state index in [0.717, 1.165) is 15.7 Å². The fourth-order valence-electron chi connectivity index (χ4n) is 1.84. The van der Waals surface area contributed by atoms with Gasteiger partial charge in [-0.25, -0.2) is 0 Å². The molecule has 1 heterocycles. The summed E-state index contributed by atoms with van der Waals surface area (Å²) in [5.41, 5.74) is 1.89. The van der Waals surface area contributed by atoms with Crippen LogP contribution in [0, 0.1) is 6.92 Å². The number of carbonyl (C=O) groups is 2. The third kappa shape index (κ3) is 4.96. The van der Waals surface area contributed by atoms with E-state index in [-0.39, 0.29) is 11.8 Å². The van der Waals surface area contributed by atoms with Crippen LogP contribution in [-0.4, -0.2) is 18.4 Å². The maximum atomic E-state index is 11.8. The van der Waals surface area contributed by atoms with Crippen molar-refractivity contribution in [2.45, 2.75) is 19.8 Å². The van der Waals surface area contributed by atoms with Crippen molar-refractivity contribution in [2.75, 3.05) is 11.9 Å². The topological polar surface area (TPSA) is 58.2 Å². The summed E-state index contributed by atoms with van der Waals surface area (Å²) in [4.78, 5) is 24.2. The van der Waals surface area contributed by atoms with Crippen molar-refractivity contribution in [1.82, 2.24) is 5.32 Å². The fourth-order valence-corrected chi connectivity index (χ4v) is 2.86. The molecule has 0 aliphatic rings. The summed E-state index contributed by atoms with van der Waals surface area (Å²) in [6.07, 6.45) is 0.978. The number of anilines is 1. The molecule has 0 atom stereocenters. The van der Waals surface area contributed by atoms with Crippen LogP contribution in [-0.2, 0) is 4.79 Å². The van der Waals surface area contributed by atoms with Gasteiger partial charge in [-0.05, 0) is 42.5 Å². The highest BCUT2D eigenvalue weighted by Crippen LogP contribution is 2.20. The van der Waals surface area contributed by atoms with Crippen molar-refractivity contribution >= 4 is 44.8 Å². The van der Waals surface area contributed by atoms with Gasteiger partial charge in [-0.3, -0.25) is 9.59 Å². The van der Waals surface area contributed by atoms with E-state index in [1.807, 2.05) is 36.6 Å². The maximum Gasteiger partial charge on any atom is 0.261 e. The second kappa shape index (κ2) is 8.10. The van der Waals surface area contributed by atoms with Crippen molar-refractivity contribution in [3.8, 4) is 0 Å². The second-order valence-corrected chi connectivity index (χ2v) is 6.65. The first-order chi connectivity index (χ1) is 10.6. The van der Waals surface area contributed by atoms with Gasteiger partial charge in [-0.15, -0.1) is 11.3 Å². The van der Waals surface area contributed by atoms with Crippen LogP contribution in [0.15, 0.2) is 40.2 Å². The molecule has 1 aromatic heterocycles. The summed E-state index contributed by atoms with van der Waals surface area (Å²) in [6, 6.07) is 9.32. The molecular weight excluding hydrogens is 364 g/mol. The molecule has 1 aromatic carbocycles. The Morgan fingerprint density at radius 3 is 2.77 bits per heavy atom. The Kier molecular flexibility index (Phi) is 6.15. The van der Waals surface area contributed by atoms with Crippen LogP contribution in [0.1, 0.15) is 28.1 Å². The van der Waals surface area contributed by atoms with Crippen LogP contribution in [0.25, 0.3) is 0 Å². The Hall–Kier alpha value is -1.66. The number of benzene rings is 1. The molecule has 0 unspecified atom stereocenters. The van der Waals surface area contributed by atoms with Gasteiger partial charge in [0, 0.05) is 23.1 Å². The van der Waals surface area contributed by atoms with Crippen LogP contribution < -0.4 is 10.6 Å². The smallest absolute Gasteiger partial charge is 0.261 e. The maximum absolute atomic E-state index is 11.8. The number of hydrogen-bond acceptors (Lipinski definition) is 3. The lowest BCUT2D eigenvalue weighted by Gasteiger charge is -2.07. The summed E-state index contributed by atoms with van der Waals surface area (Å²) < 4.78 is 0.966. The molecule has 2 rings (SSSR count). The van der Waals surface area contributed by atoms with E-state index in [1.165, 1.54) is 11.3 Å². The number of halogens is 1. The Bertz CT molecular complexity index is 656. The Labute approximate surface area is 142 Å². The first-order valence-corrected chi connectivity index (χ1v) is 8.61. The number of thiophene rings is 1. The molecular formula is C16H17BrN2O2S. The highest BCUT2D eigenvalue weighted by Gasteiger charge is 2.07. The van der Waals surface area contributed by atoms with E-state index in [4.69, 9.17) is 0 Å². The zero-order valence-electron chi connectivity index (χ0n) is 12.2. The molecule has 6 heteroatoms. The van der Waals surface area contributed by atoms with Gasteiger partial charge >= 0.3 is 0 Å². The molecule has 0 aliphatic carbocycles. The zero-order valence-corrected chi connectivity index (χ0v) is 14.6. The minimum absolute atomic E-state index is 0.0545. The molecule has 0 saturated carbocycles. The van der Waals surface area contributed by atoms with Gasteiger partial charge in [0.15, 0.2) is 0 Å². The summed E-state index contributed by atoms with van der Waals surface area (Å²) in [5, 5.41) is 7.51. The van der Waals surface area contributed by atoms with Gasteiger partial charge in [-0.1, -0.05) is 28.1 Å². The number of hydrogen-bond donors (Lipinski definition) is 2. The van der Waals surface area contributed by atoms with Gasteiger partial charge in [0.2, 0.25) is 5.91 Å². The predicted molar refractivity (Wildman–Crippen MR) is 93.4 cm³/mol. The number of nitrogens with one attached hydrogen (secondary N) is 2. The molecule has 2 N–H and O–H groups in total. The second-order valence-electron chi connectivity index (χ2n) is 4.85. The van der Waals surface area contributed by atoms with E-state index in [9.17, 15) is 9.59 Å². The quantitative estimate of drug-likeness (QED) is 0.744. The van der Waals surface area contributed by atoms with E-state index in [1.54, 1.807) is 6.07 Å². The molecule has 0 saturated heterocycles. The van der Waals surface area contributed by atoms with Crippen molar-refractivity contribution in [1.29, 1.82) is 0 Å². The zero-order chi connectivity index (χ0) is 15.9. The SMILES string of the molecule is Cc1ccc(NC(=O)CCCNC(=O)c2cccs2)cc1Br. The lowest BCUT2D eigenvalue weighted by Crippen LogP contribution is -2.24. The monoisotopic (exact) mass is 380 g/mol. The van der Waals surface area contributed by atoms with Gasteiger partial charge in [0.1, 0.15) is 0 Å². The molecule has 4 nitrogen and oxygen atoms in total. The number of rotatable bonds is 6. The first-order valence-electron chi connectivity index (χ1n) is 6.94. The van der Waals surface area contributed by atoms with Crippen LogP contribution in [0.2, 0.25) is 0 Å². The van der Waals surface area contributed by atoms with Crippen molar-refractivity contribution < 1.29 is 9.59 Å². The molecule has 0 bridgehead atoms. The standard InChI is InChI=1S/C16H17BrN2O2S/c1-11-6-7-12(10-13(11)17)19-15(20)5-2-8-18-16(21)14-4-3-9-22-14/h3-4,6-7,9-10H,2,5,8H2,1H3,(H,18,21)(H,19,20). The summed E-state index contributed by atoms with van der Waals surface area (Å²) >= 11 is 4.84. The first kappa shape index (κ1) is 16.7. The van der Waals surface area contributed by atoms with Gasteiger partial charge < -0.3 is 10.6 Å². The fraction of sp³-hybridized carbons (Fsp3) is 0.250. The van der Waals surface area contributed by atoms with Crippen molar-refractivity contribution in [3.63, 3.8) is 0 Å². The highest BCUT2D eigenvalue weighted by atomic mass is 79.9. The lowest BCUT2D eigenvalue weighted by molar-refractivity contribution is -0.116. The Morgan fingerprint density at radius 1 is 1.27 bits per heavy atom. The summed E-state index contributed by atoms with van der Waals surface area (Å²) in [6.45, 7) is 2.48. The molecule has 116 valence electrons. The number of carbonyl (C=O) groups excluding carboxylic acids is 2. The van der Waals surface area contributed by atoms with Crippen LogP contribution in [0.5, 0.6) is 0 Å². The predicted octanol–water partition coefficient (Wildman–Crippen LogP) is 3.97. The average molecular weight is 381 g/mol. The van der Waals surface area contributed by atoms with Crippen molar-refractivity contribution in [2.24, 2.45) is 0 Å². The molecule has 2 amide bonds. The Morgan fingerprint density at radius 2 is 2.09 bits per heavy atom. The van der Waals surface area contributed by atoms with E-state index < -0.39 is 0 Å². The van der Waals surface area contributed by atoms with Gasteiger partial charge in [0.05, 0.1) is 4.88 Å². The highest BCUT2D eigenvalue weighted by molar-refractivity contribution is 9.10. The summed E-state index contributed by atoms with van der Waals surface area (Å²) in [7, 11) is 0. The van der Waals surface area contributed by atoms with Gasteiger partial charge in [-0.2, -0.15) is 0 Å². The molecule has 0 radical (unpaired) electrons.